The van der Waals surface area contributed by atoms with Crippen LogP contribution in [0.1, 0.15) is 37.9 Å². The zero-order chi connectivity index (χ0) is 25.3. The van der Waals surface area contributed by atoms with E-state index in [1.807, 2.05) is 11.9 Å². The zero-order valence-electron chi connectivity index (χ0n) is 19.1. The summed E-state index contributed by atoms with van der Waals surface area (Å²) in [6, 6.07) is 6.15. The molecular formula is C23H22N4O7S. The fourth-order valence-corrected chi connectivity index (χ4v) is 4.80. The maximum Gasteiger partial charge on any atom is 0.338 e. The largest absolute Gasteiger partial charge is 0.494 e. The quantitative estimate of drug-likeness (QED) is 0.412. The van der Waals surface area contributed by atoms with Gasteiger partial charge >= 0.3 is 11.7 Å². The predicted octanol–water partition coefficient (Wildman–Crippen LogP) is 0.279. The summed E-state index contributed by atoms with van der Waals surface area (Å²) >= 11 is 0.980. The summed E-state index contributed by atoms with van der Waals surface area (Å²) in [7, 11) is 0. The van der Waals surface area contributed by atoms with Crippen molar-refractivity contribution in [2.24, 2.45) is 4.99 Å². The number of aromatic amines is 2. The van der Waals surface area contributed by atoms with Gasteiger partial charge in [-0.3, -0.25) is 24.1 Å². The van der Waals surface area contributed by atoms with E-state index in [9.17, 15) is 24.3 Å². The van der Waals surface area contributed by atoms with Crippen molar-refractivity contribution in [2.75, 3.05) is 13.2 Å². The Kier molecular flexibility index (Phi) is 6.56. The molecule has 0 amide bonds. The molecule has 2 aromatic heterocycles. The Morgan fingerprint density at radius 3 is 2.51 bits per heavy atom. The number of rotatable bonds is 6. The molecule has 0 spiro atoms. The van der Waals surface area contributed by atoms with Crippen molar-refractivity contribution in [3.63, 3.8) is 0 Å². The number of hydrogen-bond donors (Lipinski definition) is 3. The number of allylic oxidation sites excluding steroid dienone is 1. The number of hydrogen-bond acceptors (Lipinski definition) is 9. The van der Waals surface area contributed by atoms with Crippen LogP contribution in [0.4, 0.5) is 0 Å². The van der Waals surface area contributed by atoms with Crippen LogP contribution in [-0.2, 0) is 9.53 Å². The lowest BCUT2D eigenvalue weighted by Crippen LogP contribution is -2.40. The minimum Gasteiger partial charge on any atom is -0.494 e. The Balaban J connectivity index is 1.96. The van der Waals surface area contributed by atoms with Crippen LogP contribution in [-0.4, -0.2) is 38.8 Å². The van der Waals surface area contributed by atoms with E-state index in [1.165, 1.54) is 10.6 Å². The highest BCUT2D eigenvalue weighted by molar-refractivity contribution is 7.07. The number of H-pyrrole nitrogens is 2. The molecule has 0 bridgehead atoms. The van der Waals surface area contributed by atoms with Gasteiger partial charge < -0.3 is 14.6 Å². The van der Waals surface area contributed by atoms with Gasteiger partial charge in [-0.25, -0.2) is 14.6 Å². The monoisotopic (exact) mass is 498 g/mol. The van der Waals surface area contributed by atoms with E-state index >= 15 is 0 Å². The average Bonchev–Trinajstić information content (AvgIpc) is 3.10. The number of thiazole rings is 1. The lowest BCUT2D eigenvalue weighted by atomic mass is 9.96. The van der Waals surface area contributed by atoms with Gasteiger partial charge in [-0.2, -0.15) is 0 Å². The molecule has 0 radical (unpaired) electrons. The van der Waals surface area contributed by atoms with Crippen molar-refractivity contribution in [1.82, 2.24) is 14.5 Å². The van der Waals surface area contributed by atoms with Crippen molar-refractivity contribution in [1.29, 1.82) is 0 Å². The van der Waals surface area contributed by atoms with Crippen molar-refractivity contribution < 1.29 is 19.4 Å². The molecule has 0 saturated carbocycles. The summed E-state index contributed by atoms with van der Waals surface area (Å²) in [6.45, 7) is 5.83. The van der Waals surface area contributed by atoms with E-state index in [0.717, 1.165) is 11.3 Å². The van der Waals surface area contributed by atoms with Crippen LogP contribution in [0, 0.1) is 0 Å². The zero-order valence-corrected chi connectivity index (χ0v) is 19.9. The van der Waals surface area contributed by atoms with Crippen molar-refractivity contribution in [3.05, 3.63) is 87.2 Å². The smallest absolute Gasteiger partial charge is 0.338 e. The average molecular weight is 499 g/mol. The van der Waals surface area contributed by atoms with Crippen molar-refractivity contribution in [3.8, 4) is 11.6 Å². The first kappa shape index (κ1) is 24.0. The molecule has 0 aliphatic carbocycles. The number of benzene rings is 1. The number of ether oxygens (including phenoxy) is 2. The van der Waals surface area contributed by atoms with Gasteiger partial charge in [0.15, 0.2) is 4.80 Å². The third kappa shape index (κ3) is 4.47. The van der Waals surface area contributed by atoms with Gasteiger partial charge in [0.05, 0.1) is 35.1 Å². The van der Waals surface area contributed by atoms with Crippen LogP contribution >= 0.6 is 11.3 Å². The van der Waals surface area contributed by atoms with Gasteiger partial charge in [-0.1, -0.05) is 23.5 Å². The van der Waals surface area contributed by atoms with Crippen LogP contribution in [0.5, 0.6) is 11.6 Å². The van der Waals surface area contributed by atoms with E-state index in [4.69, 9.17) is 9.47 Å². The number of carbonyl (C=O) groups is 1. The van der Waals surface area contributed by atoms with Gasteiger partial charge in [-0.15, -0.1) is 0 Å². The minimum atomic E-state index is -0.878. The predicted molar refractivity (Wildman–Crippen MR) is 127 cm³/mol. The lowest BCUT2D eigenvalue weighted by molar-refractivity contribution is -0.139. The molecule has 0 fully saturated rings. The van der Waals surface area contributed by atoms with E-state index in [0.29, 0.717) is 28.4 Å². The molecule has 1 atom stereocenters. The molecule has 3 aromatic rings. The number of aromatic hydroxyl groups is 1. The van der Waals surface area contributed by atoms with Crippen LogP contribution in [0.15, 0.2) is 54.9 Å². The molecule has 1 aromatic carbocycles. The lowest BCUT2D eigenvalue weighted by Gasteiger charge is -2.24. The second-order valence-corrected chi connectivity index (χ2v) is 8.48. The Morgan fingerprint density at radius 2 is 1.89 bits per heavy atom. The van der Waals surface area contributed by atoms with Crippen LogP contribution in [0.2, 0.25) is 0 Å². The van der Waals surface area contributed by atoms with Gasteiger partial charge in [0.25, 0.3) is 11.1 Å². The second kappa shape index (κ2) is 9.58. The maximum absolute atomic E-state index is 13.5. The summed E-state index contributed by atoms with van der Waals surface area (Å²) in [5.74, 6) is -0.637. The molecule has 0 unspecified atom stereocenters. The highest BCUT2D eigenvalue weighted by Crippen LogP contribution is 2.31. The van der Waals surface area contributed by atoms with Crippen molar-refractivity contribution >= 4 is 23.4 Å². The van der Waals surface area contributed by atoms with Crippen molar-refractivity contribution in [2.45, 2.75) is 26.8 Å². The summed E-state index contributed by atoms with van der Waals surface area (Å²) in [5.41, 5.74) is -1.33. The summed E-state index contributed by atoms with van der Waals surface area (Å²) in [4.78, 5) is 58.8. The molecule has 12 heteroatoms. The van der Waals surface area contributed by atoms with Gasteiger partial charge in [0.2, 0.25) is 5.88 Å². The molecule has 4 rings (SSSR count). The third-order valence-corrected chi connectivity index (χ3v) is 6.24. The number of nitrogens with zero attached hydrogens (tertiary/aromatic N) is 2. The van der Waals surface area contributed by atoms with Gasteiger partial charge in [-0.05, 0) is 44.5 Å². The number of aromatic nitrogens is 3. The molecule has 182 valence electrons. The number of carbonyl (C=O) groups excluding carboxylic acids is 1. The highest BCUT2D eigenvalue weighted by Gasteiger charge is 2.33. The first-order valence-corrected chi connectivity index (χ1v) is 11.5. The van der Waals surface area contributed by atoms with E-state index in [-0.39, 0.29) is 22.3 Å². The highest BCUT2D eigenvalue weighted by atomic mass is 32.1. The van der Waals surface area contributed by atoms with Crippen LogP contribution in [0.25, 0.3) is 6.08 Å². The van der Waals surface area contributed by atoms with Gasteiger partial charge in [0, 0.05) is 0 Å². The number of nitrogens with one attached hydrogen (secondary N) is 2. The van der Waals surface area contributed by atoms with E-state index < -0.39 is 34.7 Å². The number of esters is 1. The molecule has 1 aliphatic rings. The molecule has 1 aliphatic heterocycles. The second-order valence-electron chi connectivity index (χ2n) is 7.47. The molecular weight excluding hydrogens is 476 g/mol. The molecule has 11 nitrogen and oxygen atoms in total. The first-order valence-electron chi connectivity index (χ1n) is 10.7. The van der Waals surface area contributed by atoms with Crippen LogP contribution < -0.4 is 30.9 Å². The standard InChI is InChI=1S/C23H22N4O7S/c1-4-33-13-8-6-12(7-9-13)17-16(21(31)34-5-2)11(3)24-23-27(17)20(30)15(35-23)10-14-18(28)25-22(32)26-19(14)29/h6-10,17H,4-5H2,1-3H3,(H3,25,26,28,29,32)/b15-10-/t17-/m1/s1. The van der Waals surface area contributed by atoms with Gasteiger partial charge in [0.1, 0.15) is 11.3 Å². The Bertz CT molecular complexity index is 1620. The van der Waals surface area contributed by atoms with E-state index in [2.05, 4.69) is 9.98 Å². The maximum atomic E-state index is 13.5. The molecule has 35 heavy (non-hydrogen) atoms. The summed E-state index contributed by atoms with van der Waals surface area (Å²) in [6.07, 6.45) is 1.17. The topological polar surface area (TPSA) is 156 Å². The van der Waals surface area contributed by atoms with E-state index in [1.54, 1.807) is 38.1 Å². The Hall–Kier alpha value is -4.19. The SMILES string of the molecule is CCOC(=O)C1=C(C)N=c2s/c(=C\c3c(O)[nH]c(=O)[nH]c3=O)c(=O)n2[C@@H]1c1ccc(OCC)cc1. The summed E-state index contributed by atoms with van der Waals surface area (Å²) in [5, 5.41) is 10.0. The third-order valence-electron chi connectivity index (χ3n) is 5.26. The normalized spacial score (nSPS) is 15.5. The Labute approximate surface area is 201 Å². The number of fused-ring (bicyclic) bond motifs is 1. The molecule has 3 heterocycles. The fraction of sp³-hybridized carbons (Fsp3) is 0.261. The summed E-state index contributed by atoms with van der Waals surface area (Å²) < 4.78 is 12.2. The fourth-order valence-electron chi connectivity index (χ4n) is 3.77. The first-order chi connectivity index (χ1) is 16.7. The minimum absolute atomic E-state index is 0.0745. The molecule has 0 saturated heterocycles. The molecule has 3 N–H and O–H groups in total. The Morgan fingerprint density at radius 1 is 1.17 bits per heavy atom. The van der Waals surface area contributed by atoms with Crippen LogP contribution in [0.3, 0.4) is 0 Å².